The largest absolute Gasteiger partial charge is 0.370 e. The highest BCUT2D eigenvalue weighted by atomic mass is 16.2. The summed E-state index contributed by atoms with van der Waals surface area (Å²) >= 11 is 0. The topological polar surface area (TPSA) is 237 Å². The van der Waals surface area contributed by atoms with Gasteiger partial charge in [0, 0.05) is 26.1 Å². The molecule has 0 bridgehead atoms. The number of amides is 3. The van der Waals surface area contributed by atoms with Gasteiger partial charge in [-0.15, -0.1) is 0 Å². The summed E-state index contributed by atoms with van der Waals surface area (Å²) in [6, 6.07) is 32.7. The van der Waals surface area contributed by atoms with Gasteiger partial charge in [0.1, 0.15) is 12.1 Å². The molecule has 0 spiro atoms. The fourth-order valence-corrected chi connectivity index (χ4v) is 5.88. The molecule has 0 radical (unpaired) electrons. The van der Waals surface area contributed by atoms with Gasteiger partial charge in [-0.25, -0.2) is 0 Å². The van der Waals surface area contributed by atoms with Crippen LogP contribution in [0.4, 0.5) is 0 Å². The van der Waals surface area contributed by atoms with Gasteiger partial charge in [-0.2, -0.15) is 0 Å². The van der Waals surface area contributed by atoms with Crippen molar-refractivity contribution in [2.45, 2.75) is 56.7 Å². The van der Waals surface area contributed by atoms with E-state index >= 15 is 0 Å². The van der Waals surface area contributed by atoms with E-state index in [2.05, 4.69) is 26.6 Å². The fourth-order valence-electron chi connectivity index (χ4n) is 5.88. The van der Waals surface area contributed by atoms with Gasteiger partial charge >= 0.3 is 0 Å². The minimum Gasteiger partial charge on any atom is -0.370 e. The second kappa shape index (κ2) is 21.3. The molecule has 0 aliphatic carbocycles. The monoisotopic (exact) mass is 732 g/mol. The molecule has 0 aliphatic heterocycles. The van der Waals surface area contributed by atoms with Crippen LogP contribution in [0.25, 0.3) is 22.3 Å². The number of rotatable bonds is 20. The predicted octanol–water partition coefficient (Wildman–Crippen LogP) is 2.75. The summed E-state index contributed by atoms with van der Waals surface area (Å²) in [6.45, 7) is 1.17. The quantitative estimate of drug-likeness (QED) is 0.0368. The van der Waals surface area contributed by atoms with Crippen molar-refractivity contribution in [3.05, 3.63) is 120 Å². The van der Waals surface area contributed by atoms with E-state index in [-0.39, 0.29) is 37.1 Å². The summed E-state index contributed by atoms with van der Waals surface area (Å²) in [5.74, 6) is -1.71. The van der Waals surface area contributed by atoms with Gasteiger partial charge < -0.3 is 43.8 Å². The Labute approximate surface area is 316 Å². The smallest absolute Gasteiger partial charge is 0.243 e. The molecule has 3 atom stereocenters. The number of guanidine groups is 2. The van der Waals surface area contributed by atoms with Crippen molar-refractivity contribution in [3.8, 4) is 22.3 Å². The van der Waals surface area contributed by atoms with Crippen molar-refractivity contribution in [2.75, 3.05) is 19.6 Å². The third kappa shape index (κ3) is 13.7. The Hall–Kier alpha value is -6.21. The first-order valence-corrected chi connectivity index (χ1v) is 18.2. The number of benzene rings is 4. The molecule has 4 aromatic carbocycles. The molecule has 3 amide bonds. The van der Waals surface area contributed by atoms with E-state index in [1.54, 1.807) is 0 Å². The zero-order chi connectivity index (χ0) is 38.7. The summed E-state index contributed by atoms with van der Waals surface area (Å²) < 4.78 is 0. The number of nitrogens with two attached hydrogens (primary N) is 3. The zero-order valence-corrected chi connectivity index (χ0v) is 30.4. The fraction of sp³-hybridized carbons (Fsp3) is 0.293. The van der Waals surface area contributed by atoms with Crippen LogP contribution in [-0.2, 0) is 27.2 Å². The molecule has 13 N–H and O–H groups in total. The van der Waals surface area contributed by atoms with Gasteiger partial charge in [-0.3, -0.25) is 25.2 Å². The van der Waals surface area contributed by atoms with Gasteiger partial charge in [-0.1, -0.05) is 109 Å². The van der Waals surface area contributed by atoms with Crippen LogP contribution in [0.5, 0.6) is 0 Å². The SMILES string of the molecule is N=C(N)NCCCCNC(=O)[C@@H](Cc1ccc(-c2ccccc2)cc1)NC(=O)[C@@H](CCCNC(=N)N)NC(=O)[C@H](N)Cc1ccc(-c2ccccc2)cc1. The lowest BCUT2D eigenvalue weighted by molar-refractivity contribution is -0.132. The van der Waals surface area contributed by atoms with Crippen molar-refractivity contribution in [1.82, 2.24) is 26.6 Å². The normalized spacial score (nSPS) is 12.4. The molecule has 284 valence electrons. The minimum atomic E-state index is -1.01. The van der Waals surface area contributed by atoms with Crippen LogP contribution in [0.2, 0.25) is 0 Å². The van der Waals surface area contributed by atoms with Gasteiger partial charge in [0.05, 0.1) is 6.04 Å². The Kier molecular flexibility index (Phi) is 16.0. The average Bonchev–Trinajstić information content (AvgIpc) is 3.18. The number of hydrogen-bond donors (Lipinski definition) is 10. The first kappa shape index (κ1) is 40.6. The number of hydrogen-bond acceptors (Lipinski definition) is 6. The highest BCUT2D eigenvalue weighted by molar-refractivity contribution is 5.93. The Morgan fingerprint density at radius 3 is 1.43 bits per heavy atom. The lowest BCUT2D eigenvalue weighted by atomic mass is 9.99. The summed E-state index contributed by atoms with van der Waals surface area (Å²) in [4.78, 5) is 40.9. The molecule has 0 aliphatic rings. The molecule has 4 rings (SSSR count). The van der Waals surface area contributed by atoms with E-state index in [4.69, 9.17) is 28.0 Å². The molecule has 0 aromatic heterocycles. The maximum Gasteiger partial charge on any atom is 0.243 e. The number of unbranched alkanes of at least 4 members (excludes halogenated alkanes) is 1. The van der Waals surface area contributed by atoms with Crippen LogP contribution in [0.3, 0.4) is 0 Å². The summed E-state index contributed by atoms with van der Waals surface area (Å²) in [5, 5.41) is 28.8. The third-order valence-corrected chi connectivity index (χ3v) is 8.82. The number of carbonyl (C=O) groups is 3. The maximum atomic E-state index is 13.9. The summed E-state index contributed by atoms with van der Waals surface area (Å²) in [7, 11) is 0. The maximum absolute atomic E-state index is 13.9. The molecular formula is C41H52N10O3. The molecule has 4 aromatic rings. The molecule has 13 nitrogen and oxygen atoms in total. The van der Waals surface area contributed by atoms with E-state index in [1.165, 1.54) is 0 Å². The molecular weight excluding hydrogens is 681 g/mol. The third-order valence-electron chi connectivity index (χ3n) is 8.82. The Balaban J connectivity index is 1.45. The van der Waals surface area contributed by atoms with Crippen molar-refractivity contribution < 1.29 is 14.4 Å². The second-order valence-corrected chi connectivity index (χ2v) is 13.1. The van der Waals surface area contributed by atoms with Gasteiger partial charge in [0.25, 0.3) is 0 Å². The Bertz CT molecular complexity index is 1800. The van der Waals surface area contributed by atoms with E-state index in [0.29, 0.717) is 38.9 Å². The van der Waals surface area contributed by atoms with Crippen LogP contribution in [0.15, 0.2) is 109 Å². The molecule has 54 heavy (non-hydrogen) atoms. The first-order valence-electron chi connectivity index (χ1n) is 18.2. The summed E-state index contributed by atoms with van der Waals surface area (Å²) in [6.07, 6.45) is 2.39. The molecule has 0 saturated heterocycles. The highest BCUT2D eigenvalue weighted by Gasteiger charge is 2.28. The van der Waals surface area contributed by atoms with Crippen molar-refractivity contribution >= 4 is 29.6 Å². The van der Waals surface area contributed by atoms with Gasteiger partial charge in [-0.05, 0) is 65.5 Å². The molecule has 13 heteroatoms. The van der Waals surface area contributed by atoms with E-state index in [0.717, 1.165) is 33.4 Å². The number of nitrogens with one attached hydrogen (secondary N) is 7. The van der Waals surface area contributed by atoms with Gasteiger partial charge in [0.2, 0.25) is 17.7 Å². The zero-order valence-electron chi connectivity index (χ0n) is 30.4. The standard InChI is InChI=1S/C41H52N10O3/c42-34(26-28-15-19-32(20-16-28)30-10-3-1-4-11-30)37(52)50-35(14-9-25-49-41(45)46)39(54)51-36(38(53)47-23-7-8-24-48-40(43)44)27-29-17-21-33(22-18-29)31-12-5-2-6-13-31/h1-6,10-13,15-22,34-36H,7-9,14,23-27,42H2,(H,47,53)(H,50,52)(H,51,54)(H4,43,44,48)(H4,45,46,49)/t34-,35-,36-/m1/s1. The Morgan fingerprint density at radius 2 is 0.926 bits per heavy atom. The van der Waals surface area contributed by atoms with Crippen LogP contribution in [0, 0.1) is 10.8 Å². The minimum absolute atomic E-state index is 0.114. The Morgan fingerprint density at radius 1 is 0.500 bits per heavy atom. The molecule has 0 unspecified atom stereocenters. The van der Waals surface area contributed by atoms with Crippen LogP contribution in [0.1, 0.15) is 36.8 Å². The number of carbonyl (C=O) groups excluding carboxylic acids is 3. The molecule has 0 heterocycles. The average molecular weight is 733 g/mol. The molecule has 0 saturated carbocycles. The highest BCUT2D eigenvalue weighted by Crippen LogP contribution is 2.21. The first-order chi connectivity index (χ1) is 26.1. The van der Waals surface area contributed by atoms with Crippen molar-refractivity contribution in [3.63, 3.8) is 0 Å². The molecule has 0 fully saturated rings. The van der Waals surface area contributed by atoms with Crippen LogP contribution < -0.4 is 43.8 Å². The van der Waals surface area contributed by atoms with Crippen molar-refractivity contribution in [1.29, 1.82) is 10.8 Å². The van der Waals surface area contributed by atoms with Crippen LogP contribution >= 0.6 is 0 Å². The van der Waals surface area contributed by atoms with Crippen LogP contribution in [-0.4, -0.2) is 67.4 Å². The van der Waals surface area contributed by atoms with Gasteiger partial charge in [0.15, 0.2) is 11.9 Å². The predicted molar refractivity (Wildman–Crippen MR) is 214 cm³/mol. The lowest BCUT2D eigenvalue weighted by Crippen LogP contribution is -2.56. The van der Waals surface area contributed by atoms with E-state index in [1.807, 2.05) is 109 Å². The van der Waals surface area contributed by atoms with Crippen molar-refractivity contribution in [2.24, 2.45) is 17.2 Å². The second-order valence-electron chi connectivity index (χ2n) is 13.1. The summed E-state index contributed by atoms with van der Waals surface area (Å²) in [5.41, 5.74) is 23.1. The van der Waals surface area contributed by atoms with E-state index < -0.39 is 29.9 Å². The lowest BCUT2D eigenvalue weighted by Gasteiger charge is -2.25. The van der Waals surface area contributed by atoms with E-state index in [9.17, 15) is 14.4 Å².